The number of ether oxygens (including phenoxy) is 2. The zero-order chi connectivity index (χ0) is 16.3. The third-order valence-corrected chi connectivity index (χ3v) is 3.21. The molecule has 0 aliphatic heterocycles. The van der Waals surface area contributed by atoms with Gasteiger partial charge < -0.3 is 20.1 Å². The molecule has 1 amide bonds. The molecular formula is C16H34N2O3. The molecule has 0 heterocycles. The Morgan fingerprint density at radius 3 is 2.33 bits per heavy atom. The van der Waals surface area contributed by atoms with Gasteiger partial charge in [0.25, 0.3) is 0 Å². The summed E-state index contributed by atoms with van der Waals surface area (Å²) in [6.07, 6.45) is 1.85. The molecule has 0 saturated heterocycles. The lowest BCUT2D eigenvalue weighted by molar-refractivity contribution is 0.0515. The zero-order valence-electron chi connectivity index (χ0n) is 14.6. The lowest BCUT2D eigenvalue weighted by Gasteiger charge is -2.24. The molecule has 5 nitrogen and oxygen atoms in total. The number of rotatable bonds is 10. The van der Waals surface area contributed by atoms with Gasteiger partial charge in [-0.25, -0.2) is 4.79 Å². The molecule has 0 spiro atoms. The smallest absolute Gasteiger partial charge is 0.407 e. The number of carbonyl (C=O) groups is 1. The number of nitrogens with one attached hydrogen (secondary N) is 2. The number of amides is 1. The fourth-order valence-electron chi connectivity index (χ4n) is 1.86. The Labute approximate surface area is 130 Å². The quantitative estimate of drug-likeness (QED) is 0.609. The van der Waals surface area contributed by atoms with Crippen molar-refractivity contribution in [2.24, 2.45) is 11.8 Å². The van der Waals surface area contributed by atoms with Crippen LogP contribution in [0.15, 0.2) is 0 Å². The van der Waals surface area contributed by atoms with Crippen LogP contribution in [0.5, 0.6) is 0 Å². The topological polar surface area (TPSA) is 59.6 Å². The highest BCUT2D eigenvalue weighted by atomic mass is 16.6. The van der Waals surface area contributed by atoms with Crippen LogP contribution in [0.1, 0.15) is 47.5 Å². The average Bonchev–Trinajstić information content (AvgIpc) is 2.34. The average molecular weight is 302 g/mol. The van der Waals surface area contributed by atoms with Gasteiger partial charge in [-0.3, -0.25) is 0 Å². The first kappa shape index (κ1) is 20.2. The molecule has 0 fully saturated rings. The van der Waals surface area contributed by atoms with Crippen molar-refractivity contribution in [3.8, 4) is 0 Å². The van der Waals surface area contributed by atoms with Crippen molar-refractivity contribution in [3.05, 3.63) is 0 Å². The van der Waals surface area contributed by atoms with Crippen LogP contribution in [0, 0.1) is 11.8 Å². The minimum atomic E-state index is -0.447. The van der Waals surface area contributed by atoms with Gasteiger partial charge in [0, 0.05) is 20.3 Å². The Bertz CT molecular complexity index is 275. The molecule has 0 bridgehead atoms. The molecule has 0 aliphatic rings. The van der Waals surface area contributed by atoms with Crippen molar-refractivity contribution in [1.29, 1.82) is 0 Å². The van der Waals surface area contributed by atoms with Gasteiger partial charge >= 0.3 is 6.09 Å². The molecule has 0 aromatic carbocycles. The zero-order valence-corrected chi connectivity index (χ0v) is 14.6. The maximum absolute atomic E-state index is 11.7. The monoisotopic (exact) mass is 302 g/mol. The molecular weight excluding hydrogens is 268 g/mol. The van der Waals surface area contributed by atoms with E-state index in [-0.39, 0.29) is 6.09 Å². The maximum atomic E-state index is 11.7. The Balaban J connectivity index is 3.89. The van der Waals surface area contributed by atoms with Gasteiger partial charge in [-0.05, 0) is 58.5 Å². The summed E-state index contributed by atoms with van der Waals surface area (Å²) in [6, 6.07) is 0. The number of unbranched alkanes of at least 4 members (excludes halogenated alkanes) is 1. The molecule has 21 heavy (non-hydrogen) atoms. The standard InChI is InChI=1S/C16H34N2O3/c1-13(2)14(11-17-9-7-8-10-20-6)12-18-15(19)21-16(3,4)5/h13-14,17H,7-12H2,1-6H3,(H,18,19). The lowest BCUT2D eigenvalue weighted by Crippen LogP contribution is -2.39. The van der Waals surface area contributed by atoms with Crippen LogP contribution >= 0.6 is 0 Å². The maximum Gasteiger partial charge on any atom is 0.407 e. The number of hydrogen-bond donors (Lipinski definition) is 2. The Hall–Kier alpha value is -0.810. The van der Waals surface area contributed by atoms with Crippen molar-refractivity contribution >= 4 is 6.09 Å². The molecule has 0 saturated carbocycles. The van der Waals surface area contributed by atoms with Crippen LogP contribution in [0.4, 0.5) is 4.79 Å². The van der Waals surface area contributed by atoms with Gasteiger partial charge in [-0.1, -0.05) is 13.8 Å². The second kappa shape index (κ2) is 10.9. The van der Waals surface area contributed by atoms with Crippen molar-refractivity contribution in [2.75, 3.05) is 33.4 Å². The summed E-state index contributed by atoms with van der Waals surface area (Å²) in [6.45, 7) is 13.3. The summed E-state index contributed by atoms with van der Waals surface area (Å²) in [5.41, 5.74) is -0.447. The molecule has 1 atom stereocenters. The lowest BCUT2D eigenvalue weighted by atomic mass is 9.96. The fraction of sp³-hybridized carbons (Fsp3) is 0.938. The van der Waals surface area contributed by atoms with E-state index >= 15 is 0 Å². The van der Waals surface area contributed by atoms with Crippen LogP contribution in [0.3, 0.4) is 0 Å². The third kappa shape index (κ3) is 12.6. The summed E-state index contributed by atoms with van der Waals surface area (Å²) < 4.78 is 10.3. The van der Waals surface area contributed by atoms with E-state index in [4.69, 9.17) is 9.47 Å². The summed E-state index contributed by atoms with van der Waals surface area (Å²) in [5, 5.41) is 6.31. The Morgan fingerprint density at radius 2 is 1.81 bits per heavy atom. The molecule has 0 radical (unpaired) electrons. The van der Waals surface area contributed by atoms with E-state index in [0.29, 0.717) is 18.4 Å². The van der Waals surface area contributed by atoms with Crippen molar-refractivity contribution in [1.82, 2.24) is 10.6 Å². The van der Waals surface area contributed by atoms with Crippen LogP contribution in [-0.4, -0.2) is 45.0 Å². The van der Waals surface area contributed by atoms with Gasteiger partial charge in [0.1, 0.15) is 5.60 Å². The first-order chi connectivity index (χ1) is 9.76. The van der Waals surface area contributed by atoms with E-state index in [1.165, 1.54) is 0 Å². The minimum Gasteiger partial charge on any atom is -0.444 e. The van der Waals surface area contributed by atoms with Crippen molar-refractivity contribution in [3.63, 3.8) is 0 Å². The van der Waals surface area contributed by atoms with Crippen molar-refractivity contribution < 1.29 is 14.3 Å². The Morgan fingerprint density at radius 1 is 1.14 bits per heavy atom. The van der Waals surface area contributed by atoms with Crippen LogP contribution in [-0.2, 0) is 9.47 Å². The van der Waals surface area contributed by atoms with E-state index in [9.17, 15) is 4.79 Å². The fourth-order valence-corrected chi connectivity index (χ4v) is 1.86. The molecule has 2 N–H and O–H groups in total. The molecule has 5 heteroatoms. The minimum absolute atomic E-state index is 0.340. The van der Waals surface area contributed by atoms with Gasteiger partial charge in [-0.2, -0.15) is 0 Å². The highest BCUT2D eigenvalue weighted by Gasteiger charge is 2.18. The van der Waals surface area contributed by atoms with E-state index < -0.39 is 5.60 Å². The molecule has 0 aliphatic carbocycles. The first-order valence-electron chi connectivity index (χ1n) is 7.92. The largest absolute Gasteiger partial charge is 0.444 e. The summed E-state index contributed by atoms with van der Waals surface area (Å²) >= 11 is 0. The van der Waals surface area contributed by atoms with Crippen LogP contribution < -0.4 is 10.6 Å². The number of alkyl carbamates (subject to hydrolysis) is 1. The van der Waals surface area contributed by atoms with Gasteiger partial charge in [0.05, 0.1) is 0 Å². The van der Waals surface area contributed by atoms with Crippen LogP contribution in [0.2, 0.25) is 0 Å². The molecule has 0 aromatic heterocycles. The number of methoxy groups -OCH3 is 1. The highest BCUT2D eigenvalue weighted by Crippen LogP contribution is 2.10. The first-order valence-corrected chi connectivity index (χ1v) is 7.92. The van der Waals surface area contributed by atoms with E-state index in [1.54, 1.807) is 7.11 Å². The Kier molecular flexibility index (Phi) is 10.4. The van der Waals surface area contributed by atoms with Gasteiger partial charge in [-0.15, -0.1) is 0 Å². The van der Waals surface area contributed by atoms with Gasteiger partial charge in [0.2, 0.25) is 0 Å². The number of hydrogen-bond acceptors (Lipinski definition) is 4. The normalized spacial score (nSPS) is 13.3. The van der Waals surface area contributed by atoms with Crippen LogP contribution in [0.25, 0.3) is 0 Å². The predicted octanol–water partition coefficient (Wildman–Crippen LogP) is 2.80. The molecule has 1 unspecified atom stereocenters. The van der Waals surface area contributed by atoms with E-state index in [0.717, 1.165) is 32.5 Å². The SMILES string of the molecule is COCCCCNCC(CNC(=O)OC(C)(C)C)C(C)C. The molecule has 0 rings (SSSR count). The number of carbonyl (C=O) groups excluding carboxylic acids is 1. The van der Waals surface area contributed by atoms with E-state index in [1.807, 2.05) is 20.8 Å². The summed E-state index contributed by atoms with van der Waals surface area (Å²) in [7, 11) is 1.73. The molecule has 0 aromatic rings. The van der Waals surface area contributed by atoms with Crippen molar-refractivity contribution in [2.45, 2.75) is 53.1 Å². The second-order valence-corrected chi connectivity index (χ2v) is 6.79. The second-order valence-electron chi connectivity index (χ2n) is 6.79. The highest BCUT2D eigenvalue weighted by molar-refractivity contribution is 5.67. The molecule has 126 valence electrons. The third-order valence-electron chi connectivity index (χ3n) is 3.21. The van der Waals surface area contributed by atoms with Gasteiger partial charge in [0.15, 0.2) is 0 Å². The summed E-state index contributed by atoms with van der Waals surface area (Å²) in [4.78, 5) is 11.7. The summed E-state index contributed by atoms with van der Waals surface area (Å²) in [5.74, 6) is 0.909. The van der Waals surface area contributed by atoms with E-state index in [2.05, 4.69) is 24.5 Å². The predicted molar refractivity (Wildman–Crippen MR) is 86.5 cm³/mol.